The number of hydrogen-bond donors (Lipinski definition) is 0. The lowest BCUT2D eigenvalue weighted by molar-refractivity contribution is 0.577. The Balaban J connectivity index is 2.17. The van der Waals surface area contributed by atoms with Crippen molar-refractivity contribution in [1.82, 2.24) is 4.57 Å². The second kappa shape index (κ2) is 4.56. The predicted octanol–water partition coefficient (Wildman–Crippen LogP) is 3.91. The van der Waals surface area contributed by atoms with E-state index >= 15 is 0 Å². The molecule has 0 saturated heterocycles. The Morgan fingerprint density at radius 3 is 2.06 bits per heavy atom. The fraction of sp³-hybridized carbons (Fsp3) is 0.333. The van der Waals surface area contributed by atoms with E-state index in [-0.39, 0.29) is 0 Å². The Hall–Kier alpha value is -1.50. The first kappa shape index (κ1) is 11.0. The van der Waals surface area contributed by atoms with E-state index in [1.165, 1.54) is 17.0 Å². The molecule has 0 saturated carbocycles. The minimum Gasteiger partial charge on any atom is -0.349 e. The molecule has 0 aliphatic heterocycles. The average Bonchev–Trinajstić information content (AvgIpc) is 2.62. The maximum atomic E-state index is 2.39. The Morgan fingerprint density at radius 2 is 1.50 bits per heavy atom. The zero-order chi connectivity index (χ0) is 11.5. The monoisotopic (exact) mass is 213 g/mol. The fourth-order valence-electron chi connectivity index (χ4n) is 2.15. The normalized spacial score (nSPS) is 12.7. The molecule has 1 aromatic heterocycles. The van der Waals surface area contributed by atoms with Gasteiger partial charge in [0.25, 0.3) is 0 Å². The van der Waals surface area contributed by atoms with E-state index in [0.29, 0.717) is 5.92 Å². The van der Waals surface area contributed by atoms with Gasteiger partial charge >= 0.3 is 0 Å². The van der Waals surface area contributed by atoms with Crippen LogP contribution in [0.2, 0.25) is 0 Å². The summed E-state index contributed by atoms with van der Waals surface area (Å²) in [6.07, 6.45) is 0. The Labute approximate surface area is 97.7 Å². The highest BCUT2D eigenvalue weighted by Gasteiger charge is 2.08. The van der Waals surface area contributed by atoms with E-state index in [1.54, 1.807) is 0 Å². The van der Waals surface area contributed by atoms with Crippen LogP contribution in [0.4, 0.5) is 0 Å². The molecule has 16 heavy (non-hydrogen) atoms. The van der Waals surface area contributed by atoms with E-state index in [1.807, 2.05) is 0 Å². The van der Waals surface area contributed by atoms with Crippen molar-refractivity contribution in [2.24, 2.45) is 0 Å². The van der Waals surface area contributed by atoms with Gasteiger partial charge in [0.05, 0.1) is 0 Å². The molecular weight excluding hydrogens is 194 g/mol. The molecule has 84 valence electrons. The van der Waals surface area contributed by atoms with Gasteiger partial charge in [0.15, 0.2) is 0 Å². The highest BCUT2D eigenvalue weighted by molar-refractivity contribution is 5.20. The zero-order valence-electron chi connectivity index (χ0n) is 10.3. The minimum atomic E-state index is 0.561. The molecule has 0 radical (unpaired) electrons. The number of aromatic nitrogens is 1. The largest absolute Gasteiger partial charge is 0.349 e. The van der Waals surface area contributed by atoms with Crippen molar-refractivity contribution in [1.29, 1.82) is 0 Å². The summed E-state index contributed by atoms with van der Waals surface area (Å²) < 4.78 is 2.39. The summed E-state index contributed by atoms with van der Waals surface area (Å²) >= 11 is 0. The molecule has 0 fully saturated rings. The van der Waals surface area contributed by atoms with Gasteiger partial charge in [-0.15, -0.1) is 0 Å². The van der Waals surface area contributed by atoms with E-state index in [0.717, 1.165) is 6.54 Å². The SMILES string of the molecule is Cc1ccc(C)n1CC(C)c1ccccc1. The van der Waals surface area contributed by atoms with Crippen molar-refractivity contribution in [3.05, 3.63) is 59.4 Å². The number of rotatable bonds is 3. The molecule has 2 aromatic rings. The van der Waals surface area contributed by atoms with Gasteiger partial charge in [0, 0.05) is 17.9 Å². The number of aryl methyl sites for hydroxylation is 2. The summed E-state index contributed by atoms with van der Waals surface area (Å²) in [6, 6.07) is 15.1. The lowest BCUT2D eigenvalue weighted by Gasteiger charge is -2.16. The Morgan fingerprint density at radius 1 is 0.938 bits per heavy atom. The molecule has 0 aliphatic rings. The van der Waals surface area contributed by atoms with Crippen LogP contribution in [0.3, 0.4) is 0 Å². The highest BCUT2D eigenvalue weighted by Crippen LogP contribution is 2.19. The molecule has 1 atom stereocenters. The van der Waals surface area contributed by atoms with Crippen LogP contribution in [-0.4, -0.2) is 4.57 Å². The highest BCUT2D eigenvalue weighted by atomic mass is 15.0. The lowest BCUT2D eigenvalue weighted by Crippen LogP contribution is -2.08. The first-order valence-corrected chi connectivity index (χ1v) is 5.86. The molecule has 0 amide bonds. The van der Waals surface area contributed by atoms with Gasteiger partial charge in [-0.05, 0) is 37.5 Å². The molecule has 0 spiro atoms. The lowest BCUT2D eigenvalue weighted by atomic mass is 10.0. The van der Waals surface area contributed by atoms with Gasteiger partial charge in [-0.2, -0.15) is 0 Å². The van der Waals surface area contributed by atoms with Crippen LogP contribution in [0.5, 0.6) is 0 Å². The fourth-order valence-corrected chi connectivity index (χ4v) is 2.15. The average molecular weight is 213 g/mol. The van der Waals surface area contributed by atoms with Crippen molar-refractivity contribution in [2.75, 3.05) is 0 Å². The smallest absolute Gasteiger partial charge is 0.0290 e. The summed E-state index contributed by atoms with van der Waals surface area (Å²) in [4.78, 5) is 0. The van der Waals surface area contributed by atoms with Crippen LogP contribution in [0.1, 0.15) is 29.8 Å². The zero-order valence-corrected chi connectivity index (χ0v) is 10.3. The third-order valence-corrected chi connectivity index (χ3v) is 3.24. The van der Waals surface area contributed by atoms with E-state index in [4.69, 9.17) is 0 Å². The molecule has 2 rings (SSSR count). The molecule has 0 N–H and O–H groups in total. The minimum absolute atomic E-state index is 0.561. The van der Waals surface area contributed by atoms with Gasteiger partial charge in [-0.3, -0.25) is 0 Å². The van der Waals surface area contributed by atoms with Crippen LogP contribution in [0, 0.1) is 13.8 Å². The third-order valence-electron chi connectivity index (χ3n) is 3.24. The molecule has 1 heterocycles. The van der Waals surface area contributed by atoms with Crippen LogP contribution < -0.4 is 0 Å². The van der Waals surface area contributed by atoms with Crippen molar-refractivity contribution in [3.8, 4) is 0 Å². The maximum Gasteiger partial charge on any atom is 0.0290 e. The summed E-state index contributed by atoms with van der Waals surface area (Å²) in [5.41, 5.74) is 4.11. The summed E-state index contributed by atoms with van der Waals surface area (Å²) in [5.74, 6) is 0.561. The van der Waals surface area contributed by atoms with E-state index in [2.05, 4.69) is 67.8 Å². The molecule has 1 unspecified atom stereocenters. The molecule has 0 bridgehead atoms. The van der Waals surface area contributed by atoms with Crippen LogP contribution >= 0.6 is 0 Å². The summed E-state index contributed by atoms with van der Waals surface area (Å²) in [7, 11) is 0. The maximum absolute atomic E-state index is 2.39. The predicted molar refractivity (Wildman–Crippen MR) is 68.8 cm³/mol. The molecule has 1 aromatic carbocycles. The summed E-state index contributed by atoms with van der Waals surface area (Å²) in [5, 5.41) is 0. The van der Waals surface area contributed by atoms with Crippen molar-refractivity contribution < 1.29 is 0 Å². The molecule has 1 nitrogen and oxygen atoms in total. The number of hydrogen-bond acceptors (Lipinski definition) is 0. The molecular formula is C15H19N. The molecule has 1 heteroatoms. The summed E-state index contributed by atoms with van der Waals surface area (Å²) in [6.45, 7) is 7.69. The van der Waals surface area contributed by atoms with E-state index in [9.17, 15) is 0 Å². The second-order valence-corrected chi connectivity index (χ2v) is 4.54. The van der Waals surface area contributed by atoms with E-state index < -0.39 is 0 Å². The van der Waals surface area contributed by atoms with Crippen molar-refractivity contribution >= 4 is 0 Å². The first-order chi connectivity index (χ1) is 7.68. The Bertz CT molecular complexity index is 434. The van der Waals surface area contributed by atoms with Gasteiger partial charge in [0.1, 0.15) is 0 Å². The number of benzene rings is 1. The Kier molecular flexibility index (Phi) is 3.14. The van der Waals surface area contributed by atoms with Crippen LogP contribution in [-0.2, 0) is 6.54 Å². The number of nitrogens with zero attached hydrogens (tertiary/aromatic N) is 1. The van der Waals surface area contributed by atoms with Crippen LogP contribution in [0.25, 0.3) is 0 Å². The van der Waals surface area contributed by atoms with Crippen molar-refractivity contribution in [3.63, 3.8) is 0 Å². The standard InChI is InChI=1S/C15H19N/c1-12(15-7-5-4-6-8-15)11-16-13(2)9-10-14(16)3/h4-10,12H,11H2,1-3H3. The van der Waals surface area contributed by atoms with Gasteiger partial charge in [0.2, 0.25) is 0 Å². The van der Waals surface area contributed by atoms with Crippen molar-refractivity contribution in [2.45, 2.75) is 33.2 Å². The van der Waals surface area contributed by atoms with Gasteiger partial charge in [-0.25, -0.2) is 0 Å². The topological polar surface area (TPSA) is 4.93 Å². The van der Waals surface area contributed by atoms with Gasteiger partial charge in [-0.1, -0.05) is 37.3 Å². The second-order valence-electron chi connectivity index (χ2n) is 4.54. The third kappa shape index (κ3) is 2.19. The van der Waals surface area contributed by atoms with Crippen LogP contribution in [0.15, 0.2) is 42.5 Å². The molecule has 0 aliphatic carbocycles. The van der Waals surface area contributed by atoms with Gasteiger partial charge < -0.3 is 4.57 Å². The first-order valence-electron chi connectivity index (χ1n) is 5.86. The quantitative estimate of drug-likeness (QED) is 0.728.